The summed E-state index contributed by atoms with van der Waals surface area (Å²) in [6.07, 6.45) is 1.33. The summed E-state index contributed by atoms with van der Waals surface area (Å²) in [5.41, 5.74) is 10.1. The first-order valence-electron chi connectivity index (χ1n) is 5.55. The SMILES string of the molecule is COC(=O)c1cc(-c2ccc(Cl)cc2)ncc1N=[N+]=[N-]. The normalized spacial score (nSPS) is 9.70. The second-order valence-corrected chi connectivity index (χ2v) is 4.21. The van der Waals surface area contributed by atoms with Crippen LogP contribution in [0.1, 0.15) is 10.4 Å². The number of carbonyl (C=O) groups excluding carboxylic acids is 1. The molecule has 0 aliphatic rings. The van der Waals surface area contributed by atoms with Gasteiger partial charge in [-0.05, 0) is 23.7 Å². The Morgan fingerprint density at radius 1 is 1.40 bits per heavy atom. The fourth-order valence-electron chi connectivity index (χ4n) is 1.63. The number of aromatic nitrogens is 1. The number of ether oxygens (including phenoxy) is 1. The molecule has 7 heteroatoms. The molecule has 0 N–H and O–H groups in total. The van der Waals surface area contributed by atoms with Crippen LogP contribution in [-0.4, -0.2) is 18.1 Å². The highest BCUT2D eigenvalue weighted by atomic mass is 35.5. The van der Waals surface area contributed by atoms with E-state index in [-0.39, 0.29) is 11.3 Å². The van der Waals surface area contributed by atoms with Crippen molar-refractivity contribution in [2.45, 2.75) is 0 Å². The molecule has 100 valence electrons. The number of benzene rings is 1. The minimum absolute atomic E-state index is 0.122. The maximum atomic E-state index is 11.7. The molecule has 0 radical (unpaired) electrons. The van der Waals surface area contributed by atoms with Gasteiger partial charge >= 0.3 is 5.97 Å². The molecule has 0 spiro atoms. The Morgan fingerprint density at radius 3 is 2.70 bits per heavy atom. The van der Waals surface area contributed by atoms with E-state index < -0.39 is 5.97 Å². The van der Waals surface area contributed by atoms with Gasteiger partial charge in [0.1, 0.15) is 0 Å². The molecule has 0 atom stereocenters. The van der Waals surface area contributed by atoms with E-state index in [0.29, 0.717) is 10.7 Å². The van der Waals surface area contributed by atoms with Crippen LogP contribution < -0.4 is 0 Å². The highest BCUT2D eigenvalue weighted by Gasteiger charge is 2.13. The van der Waals surface area contributed by atoms with Crippen molar-refractivity contribution in [3.05, 3.63) is 57.6 Å². The third-order valence-corrected chi connectivity index (χ3v) is 2.83. The molecule has 0 unspecified atom stereocenters. The number of rotatable bonds is 3. The Hall–Kier alpha value is -2.56. The van der Waals surface area contributed by atoms with Gasteiger partial charge in [0.15, 0.2) is 0 Å². The molecule has 0 aliphatic carbocycles. The monoisotopic (exact) mass is 288 g/mol. The molecule has 0 saturated heterocycles. The molecule has 0 bridgehead atoms. The van der Waals surface area contributed by atoms with Crippen molar-refractivity contribution in [3.8, 4) is 11.3 Å². The Balaban J connectivity index is 2.54. The van der Waals surface area contributed by atoms with Gasteiger partial charge in [0.25, 0.3) is 0 Å². The van der Waals surface area contributed by atoms with Gasteiger partial charge < -0.3 is 4.74 Å². The maximum Gasteiger partial charge on any atom is 0.338 e. The van der Waals surface area contributed by atoms with Gasteiger partial charge in [-0.15, -0.1) is 0 Å². The molecule has 2 rings (SSSR count). The molecule has 0 saturated carbocycles. The lowest BCUT2D eigenvalue weighted by Crippen LogP contribution is -2.02. The van der Waals surface area contributed by atoms with Crippen LogP contribution in [0.5, 0.6) is 0 Å². The van der Waals surface area contributed by atoms with Gasteiger partial charge in [-0.3, -0.25) is 4.98 Å². The molecule has 1 aromatic heterocycles. The standard InChI is InChI=1S/C13H9ClN4O2/c1-20-13(19)10-6-11(16-7-12(10)17-18-15)8-2-4-9(14)5-3-8/h2-7H,1H3. The molecule has 6 nitrogen and oxygen atoms in total. The van der Waals surface area contributed by atoms with Crippen LogP contribution in [0, 0.1) is 0 Å². The van der Waals surface area contributed by atoms with Crippen LogP contribution >= 0.6 is 11.6 Å². The van der Waals surface area contributed by atoms with Gasteiger partial charge in [0.2, 0.25) is 0 Å². The topological polar surface area (TPSA) is 88.0 Å². The van der Waals surface area contributed by atoms with Crippen molar-refractivity contribution < 1.29 is 9.53 Å². The van der Waals surface area contributed by atoms with Gasteiger partial charge in [-0.1, -0.05) is 28.8 Å². The fourth-order valence-corrected chi connectivity index (χ4v) is 1.75. The predicted molar refractivity (Wildman–Crippen MR) is 74.8 cm³/mol. The molecule has 1 aromatic carbocycles. The van der Waals surface area contributed by atoms with Crippen molar-refractivity contribution in [2.75, 3.05) is 7.11 Å². The first-order valence-corrected chi connectivity index (χ1v) is 5.93. The second kappa shape index (κ2) is 6.06. The summed E-state index contributed by atoms with van der Waals surface area (Å²) < 4.78 is 4.66. The molecule has 0 fully saturated rings. The summed E-state index contributed by atoms with van der Waals surface area (Å²) in [4.78, 5) is 18.5. The van der Waals surface area contributed by atoms with Gasteiger partial charge in [-0.25, -0.2) is 4.79 Å². The van der Waals surface area contributed by atoms with E-state index in [1.807, 2.05) is 0 Å². The average molecular weight is 289 g/mol. The van der Waals surface area contributed by atoms with E-state index >= 15 is 0 Å². The number of azide groups is 1. The van der Waals surface area contributed by atoms with Crippen molar-refractivity contribution in [2.24, 2.45) is 5.11 Å². The summed E-state index contributed by atoms with van der Waals surface area (Å²) >= 11 is 5.82. The Kier molecular flexibility index (Phi) is 4.20. The van der Waals surface area contributed by atoms with E-state index in [1.54, 1.807) is 24.3 Å². The number of carbonyl (C=O) groups is 1. The van der Waals surface area contributed by atoms with E-state index in [0.717, 1.165) is 5.56 Å². The Labute approximate surface area is 119 Å². The molecular weight excluding hydrogens is 280 g/mol. The molecule has 20 heavy (non-hydrogen) atoms. The summed E-state index contributed by atoms with van der Waals surface area (Å²) in [7, 11) is 1.25. The second-order valence-electron chi connectivity index (χ2n) is 3.77. The summed E-state index contributed by atoms with van der Waals surface area (Å²) in [5, 5.41) is 4.02. The Morgan fingerprint density at radius 2 is 2.10 bits per heavy atom. The van der Waals surface area contributed by atoms with Crippen LogP contribution in [-0.2, 0) is 4.74 Å². The molecule has 0 amide bonds. The third kappa shape index (κ3) is 2.88. The summed E-state index contributed by atoms with van der Waals surface area (Å²) in [6.45, 7) is 0. The molecule has 2 aromatic rings. The van der Waals surface area contributed by atoms with Crippen LogP contribution in [0.2, 0.25) is 5.02 Å². The lowest BCUT2D eigenvalue weighted by Gasteiger charge is -2.06. The van der Waals surface area contributed by atoms with Gasteiger partial charge in [0.05, 0.1) is 24.1 Å². The predicted octanol–water partition coefficient (Wildman–Crippen LogP) is 4.13. The third-order valence-electron chi connectivity index (χ3n) is 2.58. The molecular formula is C13H9ClN4O2. The summed E-state index contributed by atoms with van der Waals surface area (Å²) in [5.74, 6) is -0.593. The lowest BCUT2D eigenvalue weighted by atomic mass is 10.1. The Bertz CT molecular complexity index is 694. The summed E-state index contributed by atoms with van der Waals surface area (Å²) in [6, 6.07) is 8.51. The fraction of sp³-hybridized carbons (Fsp3) is 0.0769. The largest absolute Gasteiger partial charge is 0.465 e. The van der Waals surface area contributed by atoms with Crippen molar-refractivity contribution >= 4 is 23.3 Å². The zero-order valence-electron chi connectivity index (χ0n) is 10.4. The minimum atomic E-state index is -0.593. The smallest absolute Gasteiger partial charge is 0.338 e. The van der Waals surface area contributed by atoms with E-state index in [2.05, 4.69) is 19.7 Å². The van der Waals surface area contributed by atoms with Gasteiger partial charge in [-0.2, -0.15) is 0 Å². The van der Waals surface area contributed by atoms with Crippen LogP contribution in [0.15, 0.2) is 41.6 Å². The number of esters is 1. The number of pyridine rings is 1. The number of nitrogens with zero attached hydrogens (tertiary/aromatic N) is 4. The highest BCUT2D eigenvalue weighted by molar-refractivity contribution is 6.30. The zero-order chi connectivity index (χ0) is 14.5. The van der Waals surface area contributed by atoms with Crippen molar-refractivity contribution in [3.63, 3.8) is 0 Å². The number of hydrogen-bond donors (Lipinski definition) is 0. The quantitative estimate of drug-likeness (QED) is 0.368. The average Bonchev–Trinajstić information content (AvgIpc) is 2.48. The minimum Gasteiger partial charge on any atom is -0.465 e. The highest BCUT2D eigenvalue weighted by Crippen LogP contribution is 2.26. The first kappa shape index (κ1) is 13.9. The zero-order valence-corrected chi connectivity index (χ0v) is 11.2. The van der Waals surface area contributed by atoms with Gasteiger partial charge in [0, 0.05) is 21.7 Å². The number of methoxy groups -OCH3 is 1. The molecule has 1 heterocycles. The van der Waals surface area contributed by atoms with Crippen LogP contribution in [0.25, 0.3) is 21.7 Å². The number of halogens is 1. The number of hydrogen-bond acceptors (Lipinski definition) is 4. The first-order chi connectivity index (χ1) is 9.65. The van der Waals surface area contributed by atoms with Crippen molar-refractivity contribution in [1.82, 2.24) is 4.98 Å². The van der Waals surface area contributed by atoms with Crippen LogP contribution in [0.3, 0.4) is 0 Å². The lowest BCUT2D eigenvalue weighted by molar-refractivity contribution is 0.0601. The van der Waals surface area contributed by atoms with Crippen LogP contribution in [0.4, 0.5) is 5.69 Å². The molecule has 0 aliphatic heterocycles. The van der Waals surface area contributed by atoms with E-state index in [1.165, 1.54) is 19.4 Å². The van der Waals surface area contributed by atoms with E-state index in [9.17, 15) is 4.79 Å². The maximum absolute atomic E-state index is 11.7. The van der Waals surface area contributed by atoms with Crippen molar-refractivity contribution in [1.29, 1.82) is 0 Å². The van der Waals surface area contributed by atoms with E-state index in [4.69, 9.17) is 17.1 Å².